The molecule has 23 heavy (non-hydrogen) atoms. The lowest BCUT2D eigenvalue weighted by Gasteiger charge is -2.08. The SMILES string of the molecule is CCCCNC(=O)NC(=O)COc1ccc(-c2nnco2)cc1. The molecule has 0 unspecified atom stereocenters. The minimum Gasteiger partial charge on any atom is -0.484 e. The molecule has 1 aromatic carbocycles. The zero-order valence-electron chi connectivity index (χ0n) is 12.7. The van der Waals surface area contributed by atoms with E-state index in [1.165, 1.54) is 6.39 Å². The van der Waals surface area contributed by atoms with Crippen molar-refractivity contribution in [2.75, 3.05) is 13.2 Å². The number of benzene rings is 1. The van der Waals surface area contributed by atoms with Crippen LogP contribution >= 0.6 is 0 Å². The molecule has 0 saturated carbocycles. The summed E-state index contributed by atoms with van der Waals surface area (Å²) in [4.78, 5) is 23.0. The third-order valence-corrected chi connectivity index (χ3v) is 2.90. The summed E-state index contributed by atoms with van der Waals surface area (Å²) in [6.45, 7) is 2.30. The van der Waals surface area contributed by atoms with E-state index in [4.69, 9.17) is 9.15 Å². The van der Waals surface area contributed by atoms with Crippen LogP contribution in [0.2, 0.25) is 0 Å². The molecule has 0 spiro atoms. The van der Waals surface area contributed by atoms with Crippen molar-refractivity contribution in [1.29, 1.82) is 0 Å². The van der Waals surface area contributed by atoms with Gasteiger partial charge in [-0.25, -0.2) is 4.79 Å². The van der Waals surface area contributed by atoms with Crippen LogP contribution in [0.4, 0.5) is 4.79 Å². The number of ether oxygens (including phenoxy) is 1. The quantitative estimate of drug-likeness (QED) is 0.753. The van der Waals surface area contributed by atoms with Crippen molar-refractivity contribution in [1.82, 2.24) is 20.8 Å². The largest absolute Gasteiger partial charge is 0.484 e. The Labute approximate surface area is 133 Å². The van der Waals surface area contributed by atoms with Gasteiger partial charge in [0, 0.05) is 12.1 Å². The molecule has 1 heterocycles. The van der Waals surface area contributed by atoms with Crippen molar-refractivity contribution in [3.63, 3.8) is 0 Å². The van der Waals surface area contributed by atoms with Crippen LogP contribution in [0, 0.1) is 0 Å². The van der Waals surface area contributed by atoms with Crippen LogP contribution in [0.5, 0.6) is 5.75 Å². The van der Waals surface area contributed by atoms with Gasteiger partial charge in [-0.2, -0.15) is 0 Å². The lowest BCUT2D eigenvalue weighted by molar-refractivity contribution is -0.122. The van der Waals surface area contributed by atoms with Crippen LogP contribution in [-0.4, -0.2) is 35.3 Å². The molecule has 0 atom stereocenters. The number of imide groups is 1. The van der Waals surface area contributed by atoms with Gasteiger partial charge in [-0.05, 0) is 30.7 Å². The van der Waals surface area contributed by atoms with E-state index in [1.54, 1.807) is 24.3 Å². The van der Waals surface area contributed by atoms with E-state index in [0.29, 0.717) is 18.2 Å². The Bertz CT molecular complexity index is 625. The number of rotatable bonds is 7. The van der Waals surface area contributed by atoms with Crippen LogP contribution in [-0.2, 0) is 4.79 Å². The number of unbranched alkanes of at least 4 members (excludes halogenated alkanes) is 1. The summed E-state index contributed by atoms with van der Waals surface area (Å²) < 4.78 is 10.4. The Kier molecular flexibility index (Phi) is 6.10. The summed E-state index contributed by atoms with van der Waals surface area (Å²) in [5.41, 5.74) is 0.745. The van der Waals surface area contributed by atoms with Gasteiger partial charge in [0.05, 0.1) is 0 Å². The number of nitrogens with zero attached hydrogens (tertiary/aromatic N) is 2. The van der Waals surface area contributed by atoms with E-state index in [1.807, 2.05) is 6.92 Å². The Morgan fingerprint density at radius 2 is 2.04 bits per heavy atom. The molecule has 0 aliphatic heterocycles. The second kappa shape index (κ2) is 8.52. The summed E-state index contributed by atoms with van der Waals surface area (Å²) in [5, 5.41) is 12.2. The van der Waals surface area contributed by atoms with Gasteiger partial charge >= 0.3 is 6.03 Å². The van der Waals surface area contributed by atoms with Crippen LogP contribution in [0.15, 0.2) is 35.1 Å². The number of aromatic nitrogens is 2. The lowest BCUT2D eigenvalue weighted by atomic mass is 10.2. The molecule has 0 saturated heterocycles. The van der Waals surface area contributed by atoms with Gasteiger partial charge < -0.3 is 14.5 Å². The predicted octanol–water partition coefficient (Wildman–Crippen LogP) is 1.74. The van der Waals surface area contributed by atoms with Gasteiger partial charge in [0.1, 0.15) is 5.75 Å². The first-order valence-corrected chi connectivity index (χ1v) is 7.26. The molecule has 0 aliphatic carbocycles. The Morgan fingerprint density at radius 3 is 2.70 bits per heavy atom. The van der Waals surface area contributed by atoms with Crippen molar-refractivity contribution in [3.8, 4) is 17.2 Å². The highest BCUT2D eigenvalue weighted by Crippen LogP contribution is 2.19. The summed E-state index contributed by atoms with van der Waals surface area (Å²) >= 11 is 0. The topological polar surface area (TPSA) is 106 Å². The Hall–Kier alpha value is -2.90. The molecule has 0 radical (unpaired) electrons. The van der Waals surface area contributed by atoms with Gasteiger partial charge in [-0.15, -0.1) is 10.2 Å². The molecule has 2 aromatic rings. The molecule has 3 amide bonds. The molecule has 8 nitrogen and oxygen atoms in total. The number of nitrogens with one attached hydrogen (secondary N) is 2. The number of amides is 3. The van der Waals surface area contributed by atoms with Gasteiger partial charge in [0.15, 0.2) is 6.61 Å². The predicted molar refractivity (Wildman–Crippen MR) is 81.7 cm³/mol. The summed E-state index contributed by atoms with van der Waals surface area (Å²) in [7, 11) is 0. The summed E-state index contributed by atoms with van der Waals surface area (Å²) in [5.74, 6) is 0.382. The lowest BCUT2D eigenvalue weighted by Crippen LogP contribution is -2.41. The number of urea groups is 1. The zero-order chi connectivity index (χ0) is 16.5. The minimum absolute atomic E-state index is 0.249. The van der Waals surface area contributed by atoms with Crippen molar-refractivity contribution in [3.05, 3.63) is 30.7 Å². The molecule has 8 heteroatoms. The highest BCUT2D eigenvalue weighted by atomic mass is 16.5. The average Bonchev–Trinajstić information content (AvgIpc) is 3.08. The second-order valence-electron chi connectivity index (χ2n) is 4.71. The van der Waals surface area contributed by atoms with Gasteiger partial charge in [-0.3, -0.25) is 10.1 Å². The molecule has 1 aromatic heterocycles. The summed E-state index contributed by atoms with van der Waals surface area (Å²) in [6, 6.07) is 6.30. The number of carbonyl (C=O) groups is 2. The number of hydrogen-bond donors (Lipinski definition) is 2. The molecule has 122 valence electrons. The molecule has 2 N–H and O–H groups in total. The Balaban J connectivity index is 1.75. The highest BCUT2D eigenvalue weighted by molar-refractivity contribution is 5.94. The average molecular weight is 318 g/mol. The van der Waals surface area contributed by atoms with Gasteiger partial charge in [0.25, 0.3) is 5.91 Å². The first-order chi connectivity index (χ1) is 11.2. The first kappa shape index (κ1) is 16.5. The van der Waals surface area contributed by atoms with Crippen molar-refractivity contribution >= 4 is 11.9 Å². The monoisotopic (exact) mass is 318 g/mol. The minimum atomic E-state index is -0.515. The van der Waals surface area contributed by atoms with Crippen molar-refractivity contribution < 1.29 is 18.7 Å². The number of hydrogen-bond acceptors (Lipinski definition) is 6. The molecule has 0 aliphatic rings. The molecule has 0 fully saturated rings. The molecule has 0 bridgehead atoms. The van der Waals surface area contributed by atoms with E-state index in [-0.39, 0.29) is 6.61 Å². The molecule has 2 rings (SSSR count). The van der Waals surface area contributed by atoms with E-state index >= 15 is 0 Å². The highest BCUT2D eigenvalue weighted by Gasteiger charge is 2.08. The first-order valence-electron chi connectivity index (χ1n) is 7.26. The van der Waals surface area contributed by atoms with E-state index in [0.717, 1.165) is 18.4 Å². The third kappa shape index (κ3) is 5.42. The second-order valence-corrected chi connectivity index (χ2v) is 4.71. The van der Waals surface area contributed by atoms with E-state index < -0.39 is 11.9 Å². The maximum absolute atomic E-state index is 11.6. The number of carbonyl (C=O) groups excluding carboxylic acids is 2. The standard InChI is InChI=1S/C15H18N4O4/c1-2-3-8-16-15(21)18-13(20)9-22-12-6-4-11(5-7-12)14-19-17-10-23-14/h4-7,10H,2-3,8-9H2,1H3,(H2,16,18,20,21). The Morgan fingerprint density at radius 1 is 1.26 bits per heavy atom. The van der Waals surface area contributed by atoms with Crippen LogP contribution in [0.25, 0.3) is 11.5 Å². The van der Waals surface area contributed by atoms with E-state index in [9.17, 15) is 9.59 Å². The maximum Gasteiger partial charge on any atom is 0.321 e. The zero-order valence-corrected chi connectivity index (χ0v) is 12.7. The molecular weight excluding hydrogens is 300 g/mol. The fourth-order valence-corrected chi connectivity index (χ4v) is 1.73. The normalized spacial score (nSPS) is 10.1. The van der Waals surface area contributed by atoms with Crippen LogP contribution < -0.4 is 15.4 Å². The molecular formula is C15H18N4O4. The van der Waals surface area contributed by atoms with Gasteiger partial charge in [0.2, 0.25) is 12.3 Å². The van der Waals surface area contributed by atoms with Crippen LogP contribution in [0.1, 0.15) is 19.8 Å². The fourth-order valence-electron chi connectivity index (χ4n) is 1.73. The maximum atomic E-state index is 11.6. The summed E-state index contributed by atoms with van der Waals surface area (Å²) in [6.07, 6.45) is 3.08. The van der Waals surface area contributed by atoms with Crippen LogP contribution in [0.3, 0.4) is 0 Å². The van der Waals surface area contributed by atoms with Gasteiger partial charge in [-0.1, -0.05) is 13.3 Å². The smallest absolute Gasteiger partial charge is 0.321 e. The van der Waals surface area contributed by atoms with Crippen molar-refractivity contribution in [2.45, 2.75) is 19.8 Å². The fraction of sp³-hybridized carbons (Fsp3) is 0.333. The third-order valence-electron chi connectivity index (χ3n) is 2.90. The van der Waals surface area contributed by atoms with Crippen molar-refractivity contribution in [2.24, 2.45) is 0 Å². The van der Waals surface area contributed by atoms with E-state index in [2.05, 4.69) is 20.8 Å².